The third-order valence-corrected chi connectivity index (χ3v) is 6.22. The second-order valence-electron chi connectivity index (χ2n) is 5.73. The topological polar surface area (TPSA) is 96.5 Å². The molecule has 3 rings (SSSR count). The van der Waals surface area contributed by atoms with E-state index in [1.54, 1.807) is 13.1 Å². The Labute approximate surface area is 145 Å². The van der Waals surface area contributed by atoms with Gasteiger partial charge >= 0.3 is 6.09 Å². The Morgan fingerprint density at radius 1 is 1.20 bits per heavy atom. The van der Waals surface area contributed by atoms with Crippen molar-refractivity contribution in [3.8, 4) is 5.75 Å². The van der Waals surface area contributed by atoms with E-state index < -0.39 is 16.1 Å². The number of likely N-dealkylation sites (N-methyl/N-ethyl adjacent to an activating group) is 1. The van der Waals surface area contributed by atoms with Crippen LogP contribution in [-0.4, -0.2) is 76.6 Å². The minimum absolute atomic E-state index is 0.0644. The van der Waals surface area contributed by atoms with Gasteiger partial charge in [0.05, 0.1) is 17.7 Å². The fraction of sp³-hybridized carbons (Fsp3) is 0.467. The van der Waals surface area contributed by atoms with Crippen LogP contribution in [0, 0.1) is 0 Å². The van der Waals surface area contributed by atoms with Crippen LogP contribution in [0.25, 0.3) is 0 Å². The molecule has 0 unspecified atom stereocenters. The summed E-state index contributed by atoms with van der Waals surface area (Å²) in [6, 6.07) is 4.45. The average molecular weight is 369 g/mol. The van der Waals surface area contributed by atoms with Crippen molar-refractivity contribution >= 4 is 27.7 Å². The first-order valence-electron chi connectivity index (χ1n) is 7.71. The molecule has 0 radical (unpaired) electrons. The summed E-state index contributed by atoms with van der Waals surface area (Å²) >= 11 is 0. The van der Waals surface area contributed by atoms with Gasteiger partial charge < -0.3 is 19.3 Å². The highest BCUT2D eigenvalue weighted by molar-refractivity contribution is 7.89. The van der Waals surface area contributed by atoms with E-state index in [1.165, 1.54) is 33.3 Å². The molecule has 1 aromatic rings. The average Bonchev–Trinajstić information content (AvgIpc) is 2.64. The molecule has 0 aliphatic carbocycles. The molecule has 1 fully saturated rings. The van der Waals surface area contributed by atoms with Crippen LogP contribution >= 0.6 is 0 Å². The molecule has 0 aromatic heterocycles. The maximum atomic E-state index is 12.9. The number of nitrogens with zero attached hydrogens (tertiary/aromatic N) is 3. The first-order chi connectivity index (χ1) is 11.8. The molecule has 1 aromatic carbocycles. The summed E-state index contributed by atoms with van der Waals surface area (Å²) < 4.78 is 37.0. The molecule has 0 N–H and O–H groups in total. The third-order valence-electron chi connectivity index (χ3n) is 4.33. The number of ether oxygens (including phenoxy) is 2. The van der Waals surface area contributed by atoms with Crippen molar-refractivity contribution in [2.75, 3.05) is 51.8 Å². The Morgan fingerprint density at radius 3 is 2.52 bits per heavy atom. The Hall–Kier alpha value is -2.33. The van der Waals surface area contributed by atoms with Crippen LogP contribution in [0.15, 0.2) is 23.1 Å². The van der Waals surface area contributed by atoms with Crippen LogP contribution in [0.1, 0.15) is 0 Å². The quantitative estimate of drug-likeness (QED) is 0.734. The van der Waals surface area contributed by atoms with Gasteiger partial charge in [0.1, 0.15) is 5.75 Å². The van der Waals surface area contributed by atoms with Crippen LogP contribution in [0.2, 0.25) is 0 Å². The number of fused-ring (bicyclic) bond motifs is 1. The molecule has 0 atom stereocenters. The number of sulfonamides is 1. The largest absolute Gasteiger partial charge is 0.482 e. The van der Waals surface area contributed by atoms with E-state index >= 15 is 0 Å². The maximum absolute atomic E-state index is 12.9. The smallest absolute Gasteiger partial charge is 0.409 e. The second kappa shape index (κ2) is 6.52. The molecular weight excluding hydrogens is 350 g/mol. The Balaban J connectivity index is 1.82. The fourth-order valence-corrected chi connectivity index (χ4v) is 4.24. The van der Waals surface area contributed by atoms with E-state index in [0.29, 0.717) is 11.4 Å². The Morgan fingerprint density at radius 2 is 1.88 bits per heavy atom. The summed E-state index contributed by atoms with van der Waals surface area (Å²) in [7, 11) is -0.863. The molecule has 2 aliphatic rings. The number of hydrogen-bond acceptors (Lipinski definition) is 6. The van der Waals surface area contributed by atoms with E-state index in [1.807, 2.05) is 0 Å². The first-order valence-corrected chi connectivity index (χ1v) is 9.15. The minimum atomic E-state index is -3.73. The highest BCUT2D eigenvalue weighted by Gasteiger charge is 2.32. The molecular formula is C15H19N3O6S. The fourth-order valence-electron chi connectivity index (χ4n) is 2.80. The standard InChI is InChI=1S/C15H19N3O6S/c1-16-12-9-11(3-4-13(12)24-10-14(16)19)25(21,22)18-7-5-17(6-8-18)15(20)23-2/h3-4,9H,5-8,10H2,1-2H3. The van der Waals surface area contributed by atoms with Crippen molar-refractivity contribution in [2.24, 2.45) is 0 Å². The predicted octanol–water partition coefficient (Wildman–Crippen LogP) is 0.115. The van der Waals surface area contributed by atoms with Crippen LogP contribution in [-0.2, 0) is 19.6 Å². The molecule has 1 saturated heterocycles. The molecule has 10 heteroatoms. The van der Waals surface area contributed by atoms with Gasteiger partial charge in [0.25, 0.3) is 5.91 Å². The summed E-state index contributed by atoms with van der Waals surface area (Å²) in [5.74, 6) is 0.227. The zero-order chi connectivity index (χ0) is 18.2. The minimum Gasteiger partial charge on any atom is -0.482 e. The molecule has 136 valence electrons. The van der Waals surface area contributed by atoms with Gasteiger partial charge in [0.15, 0.2) is 6.61 Å². The molecule has 0 bridgehead atoms. The Kier molecular flexibility index (Phi) is 4.56. The van der Waals surface area contributed by atoms with Crippen molar-refractivity contribution in [1.29, 1.82) is 0 Å². The number of piperazine rings is 1. The monoisotopic (exact) mass is 369 g/mol. The van der Waals surface area contributed by atoms with Crippen LogP contribution < -0.4 is 9.64 Å². The predicted molar refractivity (Wildman–Crippen MR) is 88.1 cm³/mol. The summed E-state index contributed by atoms with van der Waals surface area (Å²) in [6.45, 7) is 0.821. The second-order valence-corrected chi connectivity index (χ2v) is 7.67. The molecule has 2 aliphatic heterocycles. The lowest BCUT2D eigenvalue weighted by atomic mass is 10.2. The van der Waals surface area contributed by atoms with E-state index in [9.17, 15) is 18.0 Å². The van der Waals surface area contributed by atoms with Crippen molar-refractivity contribution in [1.82, 2.24) is 9.21 Å². The van der Waals surface area contributed by atoms with E-state index in [-0.39, 0.29) is 43.6 Å². The van der Waals surface area contributed by atoms with E-state index in [2.05, 4.69) is 4.74 Å². The van der Waals surface area contributed by atoms with Gasteiger partial charge in [-0.3, -0.25) is 4.79 Å². The lowest BCUT2D eigenvalue weighted by molar-refractivity contribution is -0.121. The summed E-state index contributed by atoms with van der Waals surface area (Å²) in [5, 5.41) is 0. The number of anilines is 1. The molecule has 0 saturated carbocycles. The van der Waals surface area contributed by atoms with Gasteiger partial charge in [0, 0.05) is 33.2 Å². The number of amides is 2. The van der Waals surface area contributed by atoms with Gasteiger partial charge in [-0.1, -0.05) is 0 Å². The molecule has 0 spiro atoms. The van der Waals surface area contributed by atoms with Crippen molar-refractivity contribution < 1.29 is 27.5 Å². The molecule has 2 heterocycles. The zero-order valence-electron chi connectivity index (χ0n) is 14.0. The van der Waals surface area contributed by atoms with Gasteiger partial charge in [0.2, 0.25) is 10.0 Å². The number of hydrogen-bond donors (Lipinski definition) is 0. The van der Waals surface area contributed by atoms with E-state index in [0.717, 1.165) is 0 Å². The molecule has 25 heavy (non-hydrogen) atoms. The van der Waals surface area contributed by atoms with Gasteiger partial charge in [-0.25, -0.2) is 13.2 Å². The zero-order valence-corrected chi connectivity index (χ0v) is 14.8. The van der Waals surface area contributed by atoms with Crippen LogP contribution in [0.4, 0.5) is 10.5 Å². The van der Waals surface area contributed by atoms with Crippen molar-refractivity contribution in [2.45, 2.75) is 4.90 Å². The number of rotatable bonds is 2. The van der Waals surface area contributed by atoms with Crippen molar-refractivity contribution in [3.05, 3.63) is 18.2 Å². The van der Waals surface area contributed by atoms with Crippen LogP contribution in [0.3, 0.4) is 0 Å². The molecule has 2 amide bonds. The van der Waals surface area contributed by atoms with Crippen LogP contribution in [0.5, 0.6) is 5.75 Å². The summed E-state index contributed by atoms with van der Waals surface area (Å²) in [6.07, 6.45) is -0.469. The highest BCUT2D eigenvalue weighted by atomic mass is 32.2. The lowest BCUT2D eigenvalue weighted by Crippen LogP contribution is -2.50. The SMILES string of the molecule is COC(=O)N1CCN(S(=O)(=O)c2ccc3c(c2)N(C)C(=O)CO3)CC1. The highest BCUT2D eigenvalue weighted by Crippen LogP contribution is 2.34. The molecule has 9 nitrogen and oxygen atoms in total. The number of methoxy groups -OCH3 is 1. The van der Waals surface area contributed by atoms with Crippen molar-refractivity contribution in [3.63, 3.8) is 0 Å². The Bertz CT molecular complexity index is 801. The third kappa shape index (κ3) is 3.14. The van der Waals surface area contributed by atoms with Gasteiger partial charge in [-0.15, -0.1) is 0 Å². The normalized spacial score (nSPS) is 18.6. The summed E-state index contributed by atoms with van der Waals surface area (Å²) in [4.78, 5) is 26.2. The number of benzene rings is 1. The maximum Gasteiger partial charge on any atom is 0.409 e. The number of carbonyl (C=O) groups is 2. The van der Waals surface area contributed by atoms with Gasteiger partial charge in [-0.05, 0) is 18.2 Å². The van der Waals surface area contributed by atoms with Gasteiger partial charge in [-0.2, -0.15) is 4.31 Å². The first kappa shape index (κ1) is 17.5. The lowest BCUT2D eigenvalue weighted by Gasteiger charge is -2.33. The van der Waals surface area contributed by atoms with E-state index in [4.69, 9.17) is 4.74 Å². The summed E-state index contributed by atoms with van der Waals surface area (Å²) in [5.41, 5.74) is 0.422. The number of carbonyl (C=O) groups excluding carboxylic acids is 2.